The summed E-state index contributed by atoms with van der Waals surface area (Å²) < 4.78 is 0. The molecule has 0 aliphatic rings. The summed E-state index contributed by atoms with van der Waals surface area (Å²) in [5.41, 5.74) is 11.6. The van der Waals surface area contributed by atoms with Crippen molar-refractivity contribution in [3.63, 3.8) is 0 Å². The van der Waals surface area contributed by atoms with Gasteiger partial charge in [0.2, 0.25) is 0 Å². The fourth-order valence-electron chi connectivity index (χ4n) is 1.94. The number of hydrogen-bond donors (Lipinski definition) is 3. The first kappa shape index (κ1) is 16.5. The van der Waals surface area contributed by atoms with Crippen LogP contribution >= 0.6 is 11.3 Å². The van der Waals surface area contributed by atoms with Gasteiger partial charge in [-0.2, -0.15) is 0 Å². The normalized spacial score (nSPS) is 10.8. The molecule has 0 atom stereocenters. The summed E-state index contributed by atoms with van der Waals surface area (Å²) in [6.07, 6.45) is 0. The first-order valence-corrected chi connectivity index (χ1v) is 7.43. The Morgan fingerprint density at radius 1 is 1.30 bits per heavy atom. The van der Waals surface area contributed by atoms with E-state index >= 15 is 0 Å². The van der Waals surface area contributed by atoms with Crippen LogP contribution in [0.15, 0.2) is 0 Å². The average Bonchev–Trinajstić information content (AvgIpc) is 2.72. The number of thiophene rings is 1. The van der Waals surface area contributed by atoms with Crippen LogP contribution in [0.25, 0.3) is 0 Å². The van der Waals surface area contributed by atoms with Gasteiger partial charge in [-0.15, -0.1) is 11.3 Å². The van der Waals surface area contributed by atoms with Crippen molar-refractivity contribution in [2.75, 3.05) is 37.2 Å². The van der Waals surface area contributed by atoms with Crippen molar-refractivity contribution in [3.8, 4) is 0 Å². The Morgan fingerprint density at radius 3 is 2.35 bits per heavy atom. The van der Waals surface area contributed by atoms with Gasteiger partial charge in [-0.3, -0.25) is 9.59 Å². The number of nitrogens with two attached hydrogens (primary N) is 2. The molecule has 7 heteroatoms. The van der Waals surface area contributed by atoms with Crippen molar-refractivity contribution in [1.82, 2.24) is 4.90 Å². The molecular weight excluding hydrogens is 276 g/mol. The monoisotopic (exact) mass is 298 g/mol. The Kier molecular flexibility index (Phi) is 5.97. The minimum atomic E-state index is -0.614. The number of nitrogen functional groups attached to an aromatic ring is 1. The number of anilines is 2. The second kappa shape index (κ2) is 7.25. The fraction of sp³-hybridized carbons (Fsp3) is 0.538. The zero-order chi connectivity index (χ0) is 15.3. The number of carbonyl (C=O) groups is 2. The van der Waals surface area contributed by atoms with Crippen LogP contribution in [0.3, 0.4) is 0 Å². The average molecular weight is 298 g/mol. The van der Waals surface area contributed by atoms with Gasteiger partial charge in [0.15, 0.2) is 5.78 Å². The highest BCUT2D eigenvalue weighted by Crippen LogP contribution is 2.35. The number of hydrogen-bond acceptors (Lipinski definition) is 6. The Balaban J connectivity index is 2.86. The van der Waals surface area contributed by atoms with Crippen molar-refractivity contribution in [1.29, 1.82) is 0 Å². The van der Waals surface area contributed by atoms with Crippen LogP contribution in [0.1, 0.15) is 40.8 Å². The quantitative estimate of drug-likeness (QED) is 0.629. The molecule has 5 N–H and O–H groups in total. The molecule has 0 saturated carbocycles. The van der Waals surface area contributed by atoms with Gasteiger partial charge in [-0.1, -0.05) is 13.8 Å². The molecule has 0 spiro atoms. The molecule has 0 bridgehead atoms. The predicted octanol–water partition coefficient (Wildman–Crippen LogP) is 1.39. The smallest absolute Gasteiger partial charge is 0.253 e. The van der Waals surface area contributed by atoms with Crippen LogP contribution in [0.2, 0.25) is 0 Å². The first-order valence-electron chi connectivity index (χ1n) is 6.61. The van der Waals surface area contributed by atoms with Crippen LogP contribution in [0.4, 0.5) is 10.7 Å². The largest absolute Gasteiger partial charge is 0.397 e. The van der Waals surface area contributed by atoms with Crippen LogP contribution in [0.5, 0.6) is 0 Å². The summed E-state index contributed by atoms with van der Waals surface area (Å²) in [4.78, 5) is 25.6. The number of carbonyl (C=O) groups excluding carboxylic acids is 2. The minimum absolute atomic E-state index is 0.160. The van der Waals surface area contributed by atoms with E-state index in [-0.39, 0.29) is 17.0 Å². The molecule has 6 nitrogen and oxygen atoms in total. The SMILES string of the molecule is CCN(CC)CCNc1sc(C(C)=O)c(N)c1C(N)=O. The summed E-state index contributed by atoms with van der Waals surface area (Å²) in [7, 11) is 0. The van der Waals surface area contributed by atoms with E-state index in [9.17, 15) is 9.59 Å². The van der Waals surface area contributed by atoms with Gasteiger partial charge >= 0.3 is 0 Å². The highest BCUT2D eigenvalue weighted by Gasteiger charge is 2.22. The fourth-order valence-corrected chi connectivity index (χ4v) is 2.99. The van der Waals surface area contributed by atoms with Crippen LogP contribution < -0.4 is 16.8 Å². The second-order valence-electron chi connectivity index (χ2n) is 4.42. The van der Waals surface area contributed by atoms with E-state index in [2.05, 4.69) is 24.1 Å². The van der Waals surface area contributed by atoms with Crippen molar-refractivity contribution >= 4 is 33.7 Å². The number of nitrogens with one attached hydrogen (secondary N) is 1. The summed E-state index contributed by atoms with van der Waals surface area (Å²) in [6.45, 7) is 9.05. The van der Waals surface area contributed by atoms with Crippen molar-refractivity contribution in [3.05, 3.63) is 10.4 Å². The van der Waals surface area contributed by atoms with Gasteiger partial charge in [-0.05, 0) is 13.1 Å². The van der Waals surface area contributed by atoms with E-state index in [1.165, 1.54) is 18.3 Å². The molecule has 1 rings (SSSR count). The van der Waals surface area contributed by atoms with E-state index in [1.54, 1.807) is 0 Å². The maximum absolute atomic E-state index is 11.5. The lowest BCUT2D eigenvalue weighted by Crippen LogP contribution is -2.28. The molecule has 0 unspecified atom stereocenters. The molecule has 1 heterocycles. The maximum Gasteiger partial charge on any atom is 0.253 e. The molecule has 1 aromatic heterocycles. The number of likely N-dealkylation sites (N-methyl/N-ethyl adjacent to an activating group) is 1. The molecule has 112 valence electrons. The zero-order valence-electron chi connectivity index (χ0n) is 12.2. The molecule has 0 saturated heterocycles. The van der Waals surface area contributed by atoms with Gasteiger partial charge in [0.1, 0.15) is 5.00 Å². The van der Waals surface area contributed by atoms with E-state index in [0.29, 0.717) is 16.4 Å². The lowest BCUT2D eigenvalue weighted by Gasteiger charge is -2.18. The lowest BCUT2D eigenvalue weighted by molar-refractivity contribution is 0.100. The van der Waals surface area contributed by atoms with Crippen LogP contribution in [-0.4, -0.2) is 42.8 Å². The van der Waals surface area contributed by atoms with Gasteiger partial charge in [-0.25, -0.2) is 0 Å². The Labute approximate surface area is 123 Å². The van der Waals surface area contributed by atoms with Crippen molar-refractivity contribution < 1.29 is 9.59 Å². The number of ketones is 1. The maximum atomic E-state index is 11.5. The molecular formula is C13H22N4O2S. The number of amides is 1. The number of rotatable bonds is 8. The van der Waals surface area contributed by atoms with Crippen LogP contribution in [-0.2, 0) is 0 Å². The summed E-state index contributed by atoms with van der Waals surface area (Å²) in [5, 5.41) is 3.73. The highest BCUT2D eigenvalue weighted by atomic mass is 32.1. The van der Waals surface area contributed by atoms with Gasteiger partial charge in [0.25, 0.3) is 5.91 Å². The highest BCUT2D eigenvalue weighted by molar-refractivity contribution is 7.19. The molecule has 0 radical (unpaired) electrons. The van der Waals surface area contributed by atoms with E-state index < -0.39 is 5.91 Å². The predicted molar refractivity (Wildman–Crippen MR) is 83.5 cm³/mol. The molecule has 20 heavy (non-hydrogen) atoms. The molecule has 1 amide bonds. The third kappa shape index (κ3) is 3.71. The van der Waals surface area contributed by atoms with Gasteiger partial charge in [0.05, 0.1) is 16.1 Å². The van der Waals surface area contributed by atoms with Crippen LogP contribution in [0, 0.1) is 0 Å². The molecule has 0 fully saturated rings. The summed E-state index contributed by atoms with van der Waals surface area (Å²) in [6, 6.07) is 0. The Bertz CT molecular complexity index is 495. The Morgan fingerprint density at radius 2 is 1.90 bits per heavy atom. The molecule has 1 aromatic rings. The molecule has 0 aliphatic heterocycles. The van der Waals surface area contributed by atoms with Crippen molar-refractivity contribution in [2.24, 2.45) is 5.73 Å². The van der Waals surface area contributed by atoms with Gasteiger partial charge in [0, 0.05) is 20.0 Å². The summed E-state index contributed by atoms with van der Waals surface area (Å²) in [5.74, 6) is -0.775. The third-order valence-electron chi connectivity index (χ3n) is 3.12. The van der Waals surface area contributed by atoms with E-state index in [0.717, 1.165) is 19.6 Å². The topological polar surface area (TPSA) is 101 Å². The zero-order valence-corrected chi connectivity index (χ0v) is 13.0. The molecule has 0 aliphatic carbocycles. The van der Waals surface area contributed by atoms with E-state index in [4.69, 9.17) is 11.5 Å². The minimum Gasteiger partial charge on any atom is -0.397 e. The second-order valence-corrected chi connectivity index (χ2v) is 5.44. The number of nitrogens with zero attached hydrogens (tertiary/aromatic N) is 1. The van der Waals surface area contributed by atoms with E-state index in [1.807, 2.05) is 0 Å². The standard InChI is InChI=1S/C13H22N4O2S/c1-4-17(5-2)7-6-16-13-9(12(15)19)10(14)11(20-13)8(3)18/h16H,4-7,14H2,1-3H3,(H2,15,19). The summed E-state index contributed by atoms with van der Waals surface area (Å²) >= 11 is 1.18. The first-order chi connectivity index (χ1) is 9.42. The molecule has 0 aromatic carbocycles. The number of primary amides is 1. The Hall–Kier alpha value is -1.60. The third-order valence-corrected chi connectivity index (χ3v) is 4.38. The van der Waals surface area contributed by atoms with Gasteiger partial charge < -0.3 is 21.7 Å². The lowest BCUT2D eigenvalue weighted by atomic mass is 10.2. The van der Waals surface area contributed by atoms with Crippen molar-refractivity contribution in [2.45, 2.75) is 20.8 Å². The number of Topliss-reactive ketones (excluding diaryl/α,β-unsaturated/α-hetero) is 1.